The van der Waals surface area contributed by atoms with E-state index in [2.05, 4.69) is 10.3 Å². The van der Waals surface area contributed by atoms with Gasteiger partial charge in [-0.2, -0.15) is 0 Å². The van der Waals surface area contributed by atoms with Crippen molar-refractivity contribution in [1.29, 1.82) is 0 Å². The molecular formula is C18H22N4O. The number of benzene rings is 1. The lowest BCUT2D eigenvalue weighted by atomic mass is 10.0. The van der Waals surface area contributed by atoms with Crippen molar-refractivity contribution in [2.45, 2.75) is 24.9 Å². The molecule has 1 amide bonds. The molecule has 1 aromatic heterocycles. The Balaban J connectivity index is 1.53. The van der Waals surface area contributed by atoms with Crippen molar-refractivity contribution in [3.05, 3.63) is 60.4 Å². The van der Waals surface area contributed by atoms with Crippen LogP contribution in [0.4, 0.5) is 5.69 Å². The second-order valence-corrected chi connectivity index (χ2v) is 5.87. The number of rotatable bonds is 4. The maximum atomic E-state index is 12.5. The highest BCUT2D eigenvalue weighted by atomic mass is 16.2. The number of carbonyl (C=O) groups excluding carboxylic acids is 1. The molecule has 3 rings (SSSR count). The van der Waals surface area contributed by atoms with Crippen LogP contribution in [0, 0.1) is 0 Å². The van der Waals surface area contributed by atoms with Gasteiger partial charge < -0.3 is 16.0 Å². The van der Waals surface area contributed by atoms with Crippen molar-refractivity contribution in [1.82, 2.24) is 9.88 Å². The summed E-state index contributed by atoms with van der Waals surface area (Å²) in [6.45, 7) is 1.48. The van der Waals surface area contributed by atoms with Gasteiger partial charge in [-0.3, -0.25) is 9.78 Å². The molecule has 2 heterocycles. The van der Waals surface area contributed by atoms with Crippen molar-refractivity contribution in [3.63, 3.8) is 0 Å². The highest BCUT2D eigenvalue weighted by molar-refractivity contribution is 5.83. The molecule has 0 spiro atoms. The van der Waals surface area contributed by atoms with E-state index in [1.165, 1.54) is 0 Å². The molecule has 1 atom stereocenters. The summed E-state index contributed by atoms with van der Waals surface area (Å²) < 4.78 is 0. The standard InChI is InChI=1S/C18H22N4O/c19-17(14-4-2-1-3-5-14)18(23)22-12-8-16(9-13-22)21-15-6-10-20-11-7-15/h1-7,10-11,16-17H,8-9,12-13,19H2,(H,20,21)/t17-/m1/s1. The van der Waals surface area contributed by atoms with Gasteiger partial charge in [-0.15, -0.1) is 0 Å². The molecule has 1 aromatic carbocycles. The summed E-state index contributed by atoms with van der Waals surface area (Å²) in [5.41, 5.74) is 8.06. The van der Waals surface area contributed by atoms with E-state index in [0.29, 0.717) is 6.04 Å². The summed E-state index contributed by atoms with van der Waals surface area (Å²) in [5, 5.41) is 3.49. The average molecular weight is 310 g/mol. The maximum absolute atomic E-state index is 12.5. The zero-order valence-electron chi connectivity index (χ0n) is 13.1. The Morgan fingerprint density at radius 3 is 2.43 bits per heavy atom. The van der Waals surface area contributed by atoms with Gasteiger partial charge in [0.25, 0.3) is 0 Å². The maximum Gasteiger partial charge on any atom is 0.244 e. The van der Waals surface area contributed by atoms with Crippen LogP contribution in [0.5, 0.6) is 0 Å². The Labute approximate surface area is 136 Å². The van der Waals surface area contributed by atoms with Gasteiger partial charge in [0.15, 0.2) is 0 Å². The van der Waals surface area contributed by atoms with Gasteiger partial charge in [0.05, 0.1) is 0 Å². The van der Waals surface area contributed by atoms with Crippen molar-refractivity contribution < 1.29 is 4.79 Å². The van der Waals surface area contributed by atoms with Gasteiger partial charge in [-0.25, -0.2) is 0 Å². The number of aromatic nitrogens is 1. The largest absolute Gasteiger partial charge is 0.382 e. The van der Waals surface area contributed by atoms with Crippen LogP contribution in [-0.2, 0) is 4.79 Å². The summed E-state index contributed by atoms with van der Waals surface area (Å²) in [7, 11) is 0. The molecule has 2 aromatic rings. The average Bonchev–Trinajstić information content (AvgIpc) is 2.63. The van der Waals surface area contributed by atoms with Crippen molar-refractivity contribution in [3.8, 4) is 0 Å². The quantitative estimate of drug-likeness (QED) is 0.908. The molecule has 0 bridgehead atoms. The minimum atomic E-state index is -0.569. The molecule has 1 aliphatic heterocycles. The Hall–Kier alpha value is -2.40. The van der Waals surface area contributed by atoms with Gasteiger partial charge in [0, 0.05) is 37.2 Å². The second kappa shape index (κ2) is 7.24. The molecule has 1 saturated heterocycles. The molecule has 1 aliphatic rings. The number of carbonyl (C=O) groups is 1. The zero-order valence-corrected chi connectivity index (χ0v) is 13.1. The first-order valence-corrected chi connectivity index (χ1v) is 8.00. The third kappa shape index (κ3) is 3.87. The van der Waals surface area contributed by atoms with Crippen LogP contribution in [0.2, 0.25) is 0 Å². The number of likely N-dealkylation sites (tertiary alicyclic amines) is 1. The van der Waals surface area contributed by atoms with Crippen LogP contribution >= 0.6 is 0 Å². The Kier molecular flexibility index (Phi) is 4.88. The summed E-state index contributed by atoms with van der Waals surface area (Å²) in [4.78, 5) is 18.4. The molecule has 1 fully saturated rings. The van der Waals surface area contributed by atoms with Crippen molar-refractivity contribution in [2.75, 3.05) is 18.4 Å². The lowest BCUT2D eigenvalue weighted by Gasteiger charge is -2.34. The highest BCUT2D eigenvalue weighted by Crippen LogP contribution is 2.19. The van der Waals surface area contributed by atoms with E-state index in [9.17, 15) is 4.79 Å². The highest BCUT2D eigenvalue weighted by Gasteiger charge is 2.26. The van der Waals surface area contributed by atoms with E-state index in [1.54, 1.807) is 12.4 Å². The number of hydrogen-bond donors (Lipinski definition) is 2. The number of anilines is 1. The first-order valence-electron chi connectivity index (χ1n) is 8.00. The molecule has 120 valence electrons. The zero-order chi connectivity index (χ0) is 16.1. The third-order valence-corrected chi connectivity index (χ3v) is 4.28. The van der Waals surface area contributed by atoms with Gasteiger partial charge in [0.2, 0.25) is 5.91 Å². The number of pyridine rings is 1. The number of hydrogen-bond acceptors (Lipinski definition) is 4. The normalized spacial score (nSPS) is 16.8. The molecule has 5 nitrogen and oxygen atoms in total. The number of nitrogens with two attached hydrogens (primary N) is 1. The fourth-order valence-corrected chi connectivity index (χ4v) is 2.93. The van der Waals surface area contributed by atoms with E-state index in [0.717, 1.165) is 37.2 Å². The summed E-state index contributed by atoms with van der Waals surface area (Å²) >= 11 is 0. The predicted octanol–water partition coefficient (Wildman–Crippen LogP) is 2.18. The van der Waals surface area contributed by atoms with Crippen LogP contribution in [0.3, 0.4) is 0 Å². The van der Waals surface area contributed by atoms with Crippen molar-refractivity contribution in [2.24, 2.45) is 5.73 Å². The van der Waals surface area contributed by atoms with Gasteiger partial charge in [-0.1, -0.05) is 30.3 Å². The lowest BCUT2D eigenvalue weighted by molar-refractivity contribution is -0.133. The van der Waals surface area contributed by atoms with Crippen molar-refractivity contribution >= 4 is 11.6 Å². The number of nitrogens with zero attached hydrogens (tertiary/aromatic N) is 2. The van der Waals surface area contributed by atoms with E-state index in [4.69, 9.17) is 5.73 Å². The van der Waals surface area contributed by atoms with E-state index in [-0.39, 0.29) is 5.91 Å². The molecule has 5 heteroatoms. The van der Waals surface area contributed by atoms with Crippen LogP contribution in [0.15, 0.2) is 54.9 Å². The fraction of sp³-hybridized carbons (Fsp3) is 0.333. The minimum absolute atomic E-state index is 0.0126. The summed E-state index contributed by atoms with van der Waals surface area (Å²) in [6.07, 6.45) is 5.41. The van der Waals surface area contributed by atoms with Gasteiger partial charge in [0.1, 0.15) is 6.04 Å². The van der Waals surface area contributed by atoms with Crippen LogP contribution in [-0.4, -0.2) is 34.9 Å². The van der Waals surface area contributed by atoms with Crippen LogP contribution in [0.25, 0.3) is 0 Å². The van der Waals surface area contributed by atoms with E-state index >= 15 is 0 Å². The Bertz CT molecular complexity index is 624. The smallest absolute Gasteiger partial charge is 0.244 e. The van der Waals surface area contributed by atoms with E-state index < -0.39 is 6.04 Å². The Morgan fingerprint density at radius 2 is 1.78 bits per heavy atom. The molecule has 0 saturated carbocycles. The van der Waals surface area contributed by atoms with Crippen LogP contribution < -0.4 is 11.1 Å². The molecule has 23 heavy (non-hydrogen) atoms. The van der Waals surface area contributed by atoms with Gasteiger partial charge >= 0.3 is 0 Å². The Morgan fingerprint density at radius 1 is 1.13 bits per heavy atom. The molecular weight excluding hydrogens is 288 g/mol. The van der Waals surface area contributed by atoms with Crippen LogP contribution in [0.1, 0.15) is 24.4 Å². The first-order chi connectivity index (χ1) is 11.2. The number of nitrogens with one attached hydrogen (secondary N) is 1. The monoisotopic (exact) mass is 310 g/mol. The van der Waals surface area contributed by atoms with Gasteiger partial charge in [-0.05, 0) is 30.5 Å². The third-order valence-electron chi connectivity index (χ3n) is 4.28. The minimum Gasteiger partial charge on any atom is -0.382 e. The number of amides is 1. The first kappa shape index (κ1) is 15.5. The summed E-state index contributed by atoms with van der Waals surface area (Å²) in [5.74, 6) is 0.0126. The molecule has 0 radical (unpaired) electrons. The molecule has 0 aliphatic carbocycles. The molecule has 0 unspecified atom stereocenters. The SMILES string of the molecule is N[C@@H](C(=O)N1CCC(Nc2ccncc2)CC1)c1ccccc1. The number of piperidine rings is 1. The predicted molar refractivity (Wildman–Crippen MR) is 90.8 cm³/mol. The fourth-order valence-electron chi connectivity index (χ4n) is 2.93. The lowest BCUT2D eigenvalue weighted by Crippen LogP contribution is -2.45. The molecule has 3 N–H and O–H groups in total. The topological polar surface area (TPSA) is 71.2 Å². The summed E-state index contributed by atoms with van der Waals surface area (Å²) in [6, 6.07) is 13.3. The van der Waals surface area contributed by atoms with E-state index in [1.807, 2.05) is 47.4 Å². The second-order valence-electron chi connectivity index (χ2n) is 5.87.